The van der Waals surface area contributed by atoms with Gasteiger partial charge in [0.15, 0.2) is 0 Å². The molecule has 2 aliphatic rings. The number of hydrogen-bond donors (Lipinski definition) is 1. The van der Waals surface area contributed by atoms with Crippen LogP contribution in [0, 0.1) is 5.92 Å². The molecule has 1 saturated carbocycles. The molecule has 0 unspecified atom stereocenters. The van der Waals surface area contributed by atoms with E-state index in [1.165, 1.54) is 58.0 Å². The smallest absolute Gasteiger partial charge is 0.00115 e. The summed E-state index contributed by atoms with van der Waals surface area (Å²) in [5, 5.41) is 3.41. The van der Waals surface area contributed by atoms with Gasteiger partial charge in [-0.15, -0.1) is 12.4 Å². The van der Waals surface area contributed by atoms with Crippen LogP contribution in [-0.2, 0) is 0 Å². The third kappa shape index (κ3) is 3.62. The Morgan fingerprint density at radius 3 is 2.29 bits per heavy atom. The number of nitrogens with one attached hydrogen (secondary N) is 1. The van der Waals surface area contributed by atoms with Crippen molar-refractivity contribution in [1.29, 1.82) is 0 Å². The Labute approximate surface area is 93.8 Å². The minimum Gasteiger partial charge on any atom is -0.316 e. The summed E-state index contributed by atoms with van der Waals surface area (Å²) in [5.41, 5.74) is 1.73. The van der Waals surface area contributed by atoms with Crippen molar-refractivity contribution in [3.63, 3.8) is 0 Å². The molecule has 1 N–H and O–H groups in total. The van der Waals surface area contributed by atoms with E-state index in [0.717, 1.165) is 5.92 Å². The van der Waals surface area contributed by atoms with Crippen molar-refractivity contribution in [2.75, 3.05) is 13.1 Å². The molecule has 0 spiro atoms. The van der Waals surface area contributed by atoms with Gasteiger partial charge in [0, 0.05) is 0 Å². The van der Waals surface area contributed by atoms with E-state index in [2.05, 4.69) is 11.4 Å². The summed E-state index contributed by atoms with van der Waals surface area (Å²) in [4.78, 5) is 0. The molecule has 1 aliphatic carbocycles. The minimum absolute atomic E-state index is 0. The predicted octanol–water partition coefficient (Wildman–Crippen LogP) is 3.30. The molecule has 0 aromatic rings. The summed E-state index contributed by atoms with van der Waals surface area (Å²) in [5.74, 6) is 0.932. The molecule has 0 amide bonds. The standard InChI is InChI=1S/C12H21N.ClH/c1-2-4-11(5-3-1)10-12-6-8-13-9-7-12;/h10-11,13H,1-9H2;1H. The van der Waals surface area contributed by atoms with E-state index in [9.17, 15) is 0 Å². The van der Waals surface area contributed by atoms with Crippen LogP contribution in [0.15, 0.2) is 11.6 Å². The molecular weight excluding hydrogens is 194 g/mol. The van der Waals surface area contributed by atoms with E-state index in [0.29, 0.717) is 0 Å². The Morgan fingerprint density at radius 2 is 1.64 bits per heavy atom. The Balaban J connectivity index is 0.000000980. The first-order valence-corrected chi connectivity index (χ1v) is 5.85. The van der Waals surface area contributed by atoms with Gasteiger partial charge in [0.2, 0.25) is 0 Å². The fraction of sp³-hybridized carbons (Fsp3) is 0.833. The van der Waals surface area contributed by atoms with Gasteiger partial charge in [0.1, 0.15) is 0 Å². The molecule has 1 nitrogen and oxygen atoms in total. The number of allylic oxidation sites excluding steroid dienone is 1. The van der Waals surface area contributed by atoms with Gasteiger partial charge in [-0.05, 0) is 44.7 Å². The molecule has 1 heterocycles. The van der Waals surface area contributed by atoms with Gasteiger partial charge < -0.3 is 5.32 Å². The lowest BCUT2D eigenvalue weighted by Crippen LogP contribution is -2.23. The first-order valence-electron chi connectivity index (χ1n) is 5.85. The lowest BCUT2D eigenvalue weighted by Gasteiger charge is -2.22. The topological polar surface area (TPSA) is 12.0 Å². The van der Waals surface area contributed by atoms with Crippen molar-refractivity contribution < 1.29 is 0 Å². The number of halogens is 1. The maximum absolute atomic E-state index is 3.41. The van der Waals surface area contributed by atoms with Crippen LogP contribution in [0.2, 0.25) is 0 Å². The Morgan fingerprint density at radius 1 is 1.00 bits per heavy atom. The molecule has 2 heteroatoms. The van der Waals surface area contributed by atoms with Crippen LogP contribution >= 0.6 is 12.4 Å². The number of hydrogen-bond acceptors (Lipinski definition) is 1. The summed E-state index contributed by atoms with van der Waals surface area (Å²) in [6.07, 6.45) is 12.5. The van der Waals surface area contributed by atoms with E-state index < -0.39 is 0 Å². The van der Waals surface area contributed by atoms with E-state index in [-0.39, 0.29) is 12.4 Å². The van der Waals surface area contributed by atoms with Gasteiger partial charge in [-0.1, -0.05) is 30.9 Å². The second-order valence-electron chi connectivity index (χ2n) is 4.47. The van der Waals surface area contributed by atoms with E-state index in [4.69, 9.17) is 0 Å². The average molecular weight is 216 g/mol. The van der Waals surface area contributed by atoms with Crippen molar-refractivity contribution in [3.05, 3.63) is 11.6 Å². The van der Waals surface area contributed by atoms with Crippen molar-refractivity contribution in [2.45, 2.75) is 44.9 Å². The third-order valence-corrected chi connectivity index (χ3v) is 3.37. The molecule has 2 fully saturated rings. The highest BCUT2D eigenvalue weighted by Crippen LogP contribution is 2.27. The van der Waals surface area contributed by atoms with E-state index in [1.807, 2.05) is 0 Å². The largest absolute Gasteiger partial charge is 0.316 e. The second kappa shape index (κ2) is 6.47. The molecule has 0 aromatic heterocycles. The molecule has 0 radical (unpaired) electrons. The third-order valence-electron chi connectivity index (χ3n) is 3.37. The van der Waals surface area contributed by atoms with Gasteiger partial charge >= 0.3 is 0 Å². The monoisotopic (exact) mass is 215 g/mol. The zero-order valence-electron chi connectivity index (χ0n) is 8.93. The van der Waals surface area contributed by atoms with E-state index in [1.54, 1.807) is 5.57 Å². The fourth-order valence-electron chi connectivity index (χ4n) is 2.55. The van der Waals surface area contributed by atoms with Crippen LogP contribution < -0.4 is 5.32 Å². The SMILES string of the molecule is C(=C1CCNCC1)C1CCCCC1.Cl. The molecule has 1 aliphatic heterocycles. The summed E-state index contributed by atoms with van der Waals surface area (Å²) in [6.45, 7) is 2.41. The summed E-state index contributed by atoms with van der Waals surface area (Å²) >= 11 is 0. The zero-order chi connectivity index (χ0) is 8.93. The van der Waals surface area contributed by atoms with Crippen molar-refractivity contribution in [1.82, 2.24) is 5.32 Å². The van der Waals surface area contributed by atoms with E-state index >= 15 is 0 Å². The Bertz CT molecular complexity index is 175. The number of piperidine rings is 1. The maximum atomic E-state index is 3.41. The summed E-state index contributed by atoms with van der Waals surface area (Å²) < 4.78 is 0. The summed E-state index contributed by atoms with van der Waals surface area (Å²) in [7, 11) is 0. The van der Waals surface area contributed by atoms with Crippen LogP contribution in [0.25, 0.3) is 0 Å². The molecule has 82 valence electrons. The van der Waals surface area contributed by atoms with Crippen molar-refractivity contribution in [2.24, 2.45) is 5.92 Å². The minimum atomic E-state index is 0. The second-order valence-corrected chi connectivity index (χ2v) is 4.47. The molecule has 0 bridgehead atoms. The van der Waals surface area contributed by atoms with Gasteiger partial charge in [-0.2, -0.15) is 0 Å². The normalized spacial score (nSPS) is 24.1. The van der Waals surface area contributed by atoms with Crippen LogP contribution in [0.3, 0.4) is 0 Å². The lowest BCUT2D eigenvalue weighted by atomic mass is 9.86. The van der Waals surface area contributed by atoms with Gasteiger partial charge in [0.05, 0.1) is 0 Å². The highest BCUT2D eigenvalue weighted by molar-refractivity contribution is 5.85. The quantitative estimate of drug-likeness (QED) is 0.662. The molecule has 0 aromatic carbocycles. The maximum Gasteiger partial charge on any atom is -0.00115 e. The summed E-state index contributed by atoms with van der Waals surface area (Å²) in [6, 6.07) is 0. The van der Waals surface area contributed by atoms with Gasteiger partial charge in [0.25, 0.3) is 0 Å². The predicted molar refractivity (Wildman–Crippen MR) is 64.0 cm³/mol. The first kappa shape index (κ1) is 12.1. The van der Waals surface area contributed by atoms with Crippen molar-refractivity contribution in [3.8, 4) is 0 Å². The lowest BCUT2D eigenvalue weighted by molar-refractivity contribution is 0.415. The number of rotatable bonds is 1. The molecule has 14 heavy (non-hydrogen) atoms. The van der Waals surface area contributed by atoms with Gasteiger partial charge in [-0.3, -0.25) is 0 Å². The molecular formula is C12H22ClN. The average Bonchev–Trinajstić information content (AvgIpc) is 2.21. The zero-order valence-corrected chi connectivity index (χ0v) is 9.74. The highest BCUT2D eigenvalue weighted by Gasteiger charge is 2.12. The molecule has 0 atom stereocenters. The first-order chi connectivity index (χ1) is 6.45. The Hall–Kier alpha value is -0.0100. The van der Waals surface area contributed by atoms with Crippen LogP contribution in [0.4, 0.5) is 0 Å². The molecule has 2 rings (SSSR count). The van der Waals surface area contributed by atoms with Crippen LogP contribution in [0.1, 0.15) is 44.9 Å². The molecule has 1 saturated heterocycles. The highest BCUT2D eigenvalue weighted by atomic mass is 35.5. The van der Waals surface area contributed by atoms with Crippen LogP contribution in [0.5, 0.6) is 0 Å². The van der Waals surface area contributed by atoms with Crippen molar-refractivity contribution >= 4 is 12.4 Å². The van der Waals surface area contributed by atoms with Crippen LogP contribution in [-0.4, -0.2) is 13.1 Å². The Kier molecular flexibility index (Phi) is 5.57. The fourth-order valence-corrected chi connectivity index (χ4v) is 2.55. The van der Waals surface area contributed by atoms with Gasteiger partial charge in [-0.25, -0.2) is 0 Å².